The van der Waals surface area contributed by atoms with Crippen molar-refractivity contribution in [2.75, 3.05) is 5.32 Å². The molecular formula is C15H18N6O2. The van der Waals surface area contributed by atoms with Gasteiger partial charge in [-0.1, -0.05) is 0 Å². The number of hydrogen-bond acceptors (Lipinski definition) is 4. The van der Waals surface area contributed by atoms with Crippen molar-refractivity contribution < 1.29 is 4.79 Å². The summed E-state index contributed by atoms with van der Waals surface area (Å²) in [6.07, 6.45) is 2.14. The van der Waals surface area contributed by atoms with E-state index in [0.717, 1.165) is 16.6 Å². The van der Waals surface area contributed by atoms with E-state index in [0.29, 0.717) is 23.4 Å². The summed E-state index contributed by atoms with van der Waals surface area (Å²) in [5, 5.41) is 14.4. The second-order valence-electron chi connectivity index (χ2n) is 5.51. The van der Waals surface area contributed by atoms with E-state index in [4.69, 9.17) is 0 Å². The van der Waals surface area contributed by atoms with Crippen LogP contribution in [0.5, 0.6) is 0 Å². The molecule has 0 aliphatic heterocycles. The number of aromatic nitrogens is 5. The van der Waals surface area contributed by atoms with Crippen molar-refractivity contribution in [3.63, 3.8) is 0 Å². The zero-order valence-corrected chi connectivity index (χ0v) is 13.2. The highest BCUT2D eigenvalue weighted by Gasteiger charge is 2.15. The van der Waals surface area contributed by atoms with E-state index < -0.39 is 0 Å². The fraction of sp³-hybridized carbons (Fsp3) is 0.333. The largest absolute Gasteiger partial charge is 0.311 e. The van der Waals surface area contributed by atoms with Crippen LogP contribution in [0.1, 0.15) is 23.2 Å². The monoisotopic (exact) mass is 314 g/mol. The van der Waals surface area contributed by atoms with E-state index in [1.54, 1.807) is 24.0 Å². The average Bonchev–Trinajstić information content (AvgIpc) is 3.07. The lowest BCUT2D eigenvalue weighted by Gasteiger charge is -2.07. The Morgan fingerprint density at radius 1 is 1.39 bits per heavy atom. The van der Waals surface area contributed by atoms with E-state index in [2.05, 4.69) is 25.6 Å². The maximum absolute atomic E-state index is 12.3. The van der Waals surface area contributed by atoms with Crippen molar-refractivity contribution in [3.8, 4) is 0 Å². The van der Waals surface area contributed by atoms with Gasteiger partial charge in [0, 0.05) is 30.5 Å². The molecule has 0 aliphatic rings. The minimum Gasteiger partial charge on any atom is -0.311 e. The Balaban J connectivity index is 1.84. The first-order valence-electron chi connectivity index (χ1n) is 7.31. The molecular weight excluding hydrogens is 296 g/mol. The quantitative estimate of drug-likeness (QED) is 0.671. The van der Waals surface area contributed by atoms with Gasteiger partial charge in [0.25, 0.3) is 5.56 Å². The maximum Gasteiger partial charge on any atom is 0.253 e. The summed E-state index contributed by atoms with van der Waals surface area (Å²) in [5.74, 6) is 0.371. The maximum atomic E-state index is 12.3. The fourth-order valence-corrected chi connectivity index (χ4v) is 2.83. The first-order valence-corrected chi connectivity index (χ1v) is 7.31. The third-order valence-corrected chi connectivity index (χ3v) is 3.93. The Bertz CT molecular complexity index is 920. The number of anilines is 1. The number of nitrogens with one attached hydrogen (secondary N) is 3. The van der Waals surface area contributed by atoms with Gasteiger partial charge >= 0.3 is 0 Å². The van der Waals surface area contributed by atoms with Gasteiger partial charge < -0.3 is 10.3 Å². The highest BCUT2D eigenvalue weighted by Crippen LogP contribution is 2.21. The van der Waals surface area contributed by atoms with Crippen LogP contribution in [0.25, 0.3) is 11.0 Å². The Kier molecular flexibility index (Phi) is 3.73. The van der Waals surface area contributed by atoms with Crippen LogP contribution in [-0.2, 0) is 18.3 Å². The lowest BCUT2D eigenvalue weighted by Crippen LogP contribution is -2.19. The lowest BCUT2D eigenvalue weighted by molar-refractivity contribution is -0.116. The van der Waals surface area contributed by atoms with Crippen molar-refractivity contribution in [1.82, 2.24) is 25.0 Å². The van der Waals surface area contributed by atoms with Gasteiger partial charge in [-0.15, -0.1) is 0 Å². The first-order chi connectivity index (χ1) is 11.0. The van der Waals surface area contributed by atoms with Gasteiger partial charge in [0.1, 0.15) is 11.5 Å². The Labute approximate surface area is 131 Å². The average molecular weight is 314 g/mol. The number of rotatable bonds is 4. The van der Waals surface area contributed by atoms with Crippen molar-refractivity contribution in [3.05, 3.63) is 39.4 Å². The molecule has 23 heavy (non-hydrogen) atoms. The molecule has 0 saturated carbocycles. The molecule has 0 unspecified atom stereocenters. The van der Waals surface area contributed by atoms with Crippen molar-refractivity contribution >= 4 is 22.8 Å². The van der Waals surface area contributed by atoms with Crippen LogP contribution in [0.4, 0.5) is 5.82 Å². The van der Waals surface area contributed by atoms with Gasteiger partial charge in [0.15, 0.2) is 0 Å². The number of pyridine rings is 1. The van der Waals surface area contributed by atoms with Gasteiger partial charge in [-0.3, -0.25) is 19.4 Å². The van der Waals surface area contributed by atoms with Crippen LogP contribution in [0.2, 0.25) is 0 Å². The molecule has 3 aromatic heterocycles. The Morgan fingerprint density at radius 3 is 2.87 bits per heavy atom. The normalized spacial score (nSPS) is 11.1. The third-order valence-electron chi connectivity index (χ3n) is 3.93. The minimum absolute atomic E-state index is 0.170. The molecule has 3 aromatic rings. The first kappa shape index (κ1) is 15.0. The second kappa shape index (κ2) is 5.71. The van der Waals surface area contributed by atoms with Gasteiger partial charge in [-0.25, -0.2) is 0 Å². The number of nitrogens with zero attached hydrogens (tertiary/aromatic N) is 3. The molecule has 0 radical (unpaired) electrons. The zero-order chi connectivity index (χ0) is 16.6. The molecule has 3 rings (SSSR count). The van der Waals surface area contributed by atoms with Crippen LogP contribution in [0, 0.1) is 13.8 Å². The lowest BCUT2D eigenvalue weighted by atomic mass is 10.0. The van der Waals surface area contributed by atoms with Crippen LogP contribution >= 0.6 is 0 Å². The van der Waals surface area contributed by atoms with Crippen LogP contribution in [0.3, 0.4) is 0 Å². The standard InChI is InChI=1S/C15H18N6O2/c1-8-10(4-5-12(22)17-11-6-7-16-19-11)15(23)18-14-13(8)9(2)20-21(14)3/h6-7H,4-5H2,1-3H3,(H,18,23)(H2,16,17,19,22). The summed E-state index contributed by atoms with van der Waals surface area (Å²) in [6, 6.07) is 1.67. The molecule has 8 nitrogen and oxygen atoms in total. The third kappa shape index (κ3) is 2.75. The Morgan fingerprint density at radius 2 is 2.17 bits per heavy atom. The molecule has 0 aromatic carbocycles. The smallest absolute Gasteiger partial charge is 0.253 e. The van der Waals surface area contributed by atoms with E-state index in [9.17, 15) is 9.59 Å². The van der Waals surface area contributed by atoms with Crippen molar-refractivity contribution in [1.29, 1.82) is 0 Å². The molecule has 0 atom stereocenters. The molecule has 3 heterocycles. The van der Waals surface area contributed by atoms with Crippen LogP contribution in [0.15, 0.2) is 17.1 Å². The molecule has 0 saturated heterocycles. The molecule has 8 heteroatoms. The highest BCUT2D eigenvalue weighted by atomic mass is 16.1. The highest BCUT2D eigenvalue weighted by molar-refractivity contribution is 5.90. The molecule has 0 spiro atoms. The summed E-state index contributed by atoms with van der Waals surface area (Å²) in [4.78, 5) is 27.1. The number of hydrogen-bond donors (Lipinski definition) is 3. The van der Waals surface area contributed by atoms with E-state index in [1.807, 2.05) is 13.8 Å². The molecule has 0 aliphatic carbocycles. The van der Waals surface area contributed by atoms with Crippen molar-refractivity contribution in [2.45, 2.75) is 26.7 Å². The van der Waals surface area contributed by atoms with Crippen LogP contribution in [-0.4, -0.2) is 30.9 Å². The number of H-pyrrole nitrogens is 2. The van der Waals surface area contributed by atoms with Gasteiger partial charge in [0.05, 0.1) is 11.9 Å². The Hall–Kier alpha value is -2.90. The summed E-state index contributed by atoms with van der Waals surface area (Å²) in [7, 11) is 1.79. The van der Waals surface area contributed by atoms with Gasteiger partial charge in [-0.05, 0) is 25.8 Å². The van der Waals surface area contributed by atoms with Gasteiger partial charge in [-0.2, -0.15) is 10.2 Å². The van der Waals surface area contributed by atoms with Gasteiger partial charge in [0.2, 0.25) is 5.91 Å². The summed E-state index contributed by atoms with van der Waals surface area (Å²) in [5.41, 5.74) is 2.89. The van der Waals surface area contributed by atoms with E-state index in [-0.39, 0.29) is 17.9 Å². The van der Waals surface area contributed by atoms with Crippen molar-refractivity contribution in [2.24, 2.45) is 7.05 Å². The molecule has 120 valence electrons. The second-order valence-corrected chi connectivity index (χ2v) is 5.51. The number of carbonyl (C=O) groups excluding carboxylic acids is 1. The summed E-state index contributed by atoms with van der Waals surface area (Å²) >= 11 is 0. The minimum atomic E-state index is -0.174. The topological polar surface area (TPSA) is 108 Å². The SMILES string of the molecule is Cc1nn(C)c2[nH]c(=O)c(CCC(=O)Nc3ccn[nH]3)c(C)c12. The number of carbonyl (C=O) groups is 1. The predicted octanol–water partition coefficient (Wildman–Crippen LogP) is 1.17. The number of amides is 1. The summed E-state index contributed by atoms with van der Waals surface area (Å²) < 4.78 is 1.66. The molecule has 1 amide bonds. The number of aromatic amines is 2. The van der Waals surface area contributed by atoms with E-state index >= 15 is 0 Å². The fourth-order valence-electron chi connectivity index (χ4n) is 2.83. The zero-order valence-electron chi connectivity index (χ0n) is 13.2. The van der Waals surface area contributed by atoms with Crippen LogP contribution < -0.4 is 10.9 Å². The summed E-state index contributed by atoms with van der Waals surface area (Å²) in [6.45, 7) is 3.80. The number of aryl methyl sites for hydroxylation is 3. The van der Waals surface area contributed by atoms with E-state index in [1.165, 1.54) is 0 Å². The molecule has 0 fully saturated rings. The molecule has 0 bridgehead atoms. The predicted molar refractivity (Wildman–Crippen MR) is 86.3 cm³/mol. The number of fused-ring (bicyclic) bond motifs is 1. The molecule has 3 N–H and O–H groups in total.